The lowest BCUT2D eigenvalue weighted by Crippen LogP contribution is -2.44. The van der Waals surface area contributed by atoms with Crippen molar-refractivity contribution >= 4 is 21.6 Å². The van der Waals surface area contributed by atoms with Gasteiger partial charge in [0.2, 0.25) is 0 Å². The highest BCUT2D eigenvalue weighted by molar-refractivity contribution is 7.18. The van der Waals surface area contributed by atoms with Gasteiger partial charge in [0, 0.05) is 26.2 Å². The number of rotatable bonds is 5. The van der Waals surface area contributed by atoms with Gasteiger partial charge in [-0.15, -0.1) is 11.3 Å². The zero-order chi connectivity index (χ0) is 16.4. The third-order valence-electron chi connectivity index (χ3n) is 4.98. The summed E-state index contributed by atoms with van der Waals surface area (Å²) in [5, 5.41) is 11.7. The molecule has 24 heavy (non-hydrogen) atoms. The number of hydrogen-bond acceptors (Lipinski definition) is 6. The summed E-state index contributed by atoms with van der Waals surface area (Å²) in [6, 6.07) is 8.71. The molecule has 0 radical (unpaired) electrons. The Hall–Kier alpha value is -1.05. The first-order valence-corrected chi connectivity index (χ1v) is 9.69. The van der Waals surface area contributed by atoms with E-state index in [9.17, 15) is 5.11 Å². The number of ether oxygens (including phenoxy) is 1. The van der Waals surface area contributed by atoms with Crippen LogP contribution in [0.5, 0.6) is 0 Å². The standard InChI is InChI=1S/C18H25N3O2S/c22-14(12-20-8-10-23-11-9-20)13-21-7-3-5-16(21)18-19-15-4-1-2-6-17(15)24-18/h1-2,4,6,14,16,22H,3,5,7-13H2/t14-,16-/m1/s1. The van der Waals surface area contributed by atoms with Gasteiger partial charge in [-0.3, -0.25) is 9.80 Å². The van der Waals surface area contributed by atoms with Crippen molar-refractivity contribution in [3.63, 3.8) is 0 Å². The quantitative estimate of drug-likeness (QED) is 0.898. The van der Waals surface area contributed by atoms with Crippen LogP contribution in [0.2, 0.25) is 0 Å². The van der Waals surface area contributed by atoms with Crippen molar-refractivity contribution in [2.75, 3.05) is 45.9 Å². The molecule has 0 unspecified atom stereocenters. The van der Waals surface area contributed by atoms with E-state index in [-0.39, 0.29) is 6.10 Å². The predicted molar refractivity (Wildman–Crippen MR) is 96.4 cm³/mol. The number of hydrogen-bond donors (Lipinski definition) is 1. The van der Waals surface area contributed by atoms with E-state index in [2.05, 4.69) is 28.0 Å². The summed E-state index contributed by atoms with van der Waals surface area (Å²) in [6.45, 7) is 5.96. The van der Waals surface area contributed by atoms with Gasteiger partial charge in [-0.05, 0) is 31.5 Å². The van der Waals surface area contributed by atoms with Crippen molar-refractivity contribution in [1.82, 2.24) is 14.8 Å². The number of likely N-dealkylation sites (tertiary alicyclic amines) is 1. The van der Waals surface area contributed by atoms with Gasteiger partial charge >= 0.3 is 0 Å². The summed E-state index contributed by atoms with van der Waals surface area (Å²) in [4.78, 5) is 9.56. The fourth-order valence-electron chi connectivity index (χ4n) is 3.77. The van der Waals surface area contributed by atoms with Gasteiger partial charge in [0.15, 0.2) is 0 Å². The highest BCUT2D eigenvalue weighted by Gasteiger charge is 2.30. The fourth-order valence-corrected chi connectivity index (χ4v) is 4.90. The topological polar surface area (TPSA) is 48.8 Å². The second kappa shape index (κ2) is 7.45. The molecule has 1 aromatic carbocycles. The molecule has 0 amide bonds. The number of β-amino-alcohol motifs (C(OH)–C–C–N with tert-alkyl or cyclic N) is 1. The molecule has 0 saturated carbocycles. The lowest BCUT2D eigenvalue weighted by atomic mass is 10.2. The summed E-state index contributed by atoms with van der Waals surface area (Å²) < 4.78 is 6.64. The molecule has 3 heterocycles. The molecule has 0 aliphatic carbocycles. The fraction of sp³-hybridized carbons (Fsp3) is 0.611. The molecule has 6 heteroatoms. The molecule has 1 N–H and O–H groups in total. The Morgan fingerprint density at radius 1 is 1.21 bits per heavy atom. The number of benzene rings is 1. The van der Waals surface area contributed by atoms with Crippen LogP contribution in [-0.2, 0) is 4.74 Å². The van der Waals surface area contributed by atoms with Gasteiger partial charge in [0.25, 0.3) is 0 Å². The van der Waals surface area contributed by atoms with E-state index in [1.165, 1.54) is 16.1 Å². The predicted octanol–water partition coefficient (Wildman–Crippen LogP) is 2.13. The van der Waals surface area contributed by atoms with Crippen molar-refractivity contribution in [3.05, 3.63) is 29.3 Å². The van der Waals surface area contributed by atoms with Crippen molar-refractivity contribution < 1.29 is 9.84 Å². The summed E-state index contributed by atoms with van der Waals surface area (Å²) in [5.74, 6) is 0. The van der Waals surface area contributed by atoms with Crippen LogP contribution in [0.25, 0.3) is 10.2 Å². The van der Waals surface area contributed by atoms with Gasteiger partial charge in [-0.1, -0.05) is 12.1 Å². The van der Waals surface area contributed by atoms with Crippen LogP contribution in [0, 0.1) is 0 Å². The molecule has 0 spiro atoms. The zero-order valence-corrected chi connectivity index (χ0v) is 14.7. The molecule has 0 bridgehead atoms. The highest BCUT2D eigenvalue weighted by Crippen LogP contribution is 2.36. The van der Waals surface area contributed by atoms with Crippen LogP contribution in [0.4, 0.5) is 0 Å². The monoisotopic (exact) mass is 347 g/mol. The molecular weight excluding hydrogens is 322 g/mol. The van der Waals surface area contributed by atoms with Crippen molar-refractivity contribution in [2.24, 2.45) is 0 Å². The van der Waals surface area contributed by atoms with E-state index in [0.717, 1.165) is 57.9 Å². The minimum atomic E-state index is -0.307. The van der Waals surface area contributed by atoms with Gasteiger partial charge in [-0.25, -0.2) is 4.98 Å². The van der Waals surface area contributed by atoms with Gasteiger partial charge in [0.05, 0.1) is 35.6 Å². The summed E-state index contributed by atoms with van der Waals surface area (Å²) in [7, 11) is 0. The third-order valence-corrected chi connectivity index (χ3v) is 6.11. The van der Waals surface area contributed by atoms with Crippen LogP contribution in [0.15, 0.2) is 24.3 Å². The second-order valence-electron chi connectivity index (χ2n) is 6.74. The van der Waals surface area contributed by atoms with E-state index in [0.29, 0.717) is 6.04 Å². The largest absolute Gasteiger partial charge is 0.390 e. The number of para-hydroxylation sites is 1. The smallest absolute Gasteiger partial charge is 0.111 e. The minimum Gasteiger partial charge on any atom is -0.390 e. The van der Waals surface area contributed by atoms with Gasteiger partial charge in [0.1, 0.15) is 5.01 Å². The Morgan fingerprint density at radius 2 is 2.04 bits per heavy atom. The Balaban J connectivity index is 1.40. The van der Waals surface area contributed by atoms with E-state index in [4.69, 9.17) is 9.72 Å². The van der Waals surface area contributed by atoms with Crippen molar-refractivity contribution in [3.8, 4) is 0 Å². The summed E-state index contributed by atoms with van der Waals surface area (Å²) in [5.41, 5.74) is 1.10. The van der Waals surface area contributed by atoms with Crippen LogP contribution in [-0.4, -0.2) is 71.9 Å². The van der Waals surface area contributed by atoms with Crippen molar-refractivity contribution in [2.45, 2.75) is 25.0 Å². The maximum atomic E-state index is 10.5. The van der Waals surface area contributed by atoms with E-state index < -0.39 is 0 Å². The molecule has 5 nitrogen and oxygen atoms in total. The van der Waals surface area contributed by atoms with E-state index in [1.54, 1.807) is 11.3 Å². The highest BCUT2D eigenvalue weighted by atomic mass is 32.1. The normalized spacial score (nSPS) is 24.6. The van der Waals surface area contributed by atoms with E-state index in [1.807, 2.05) is 6.07 Å². The molecule has 2 atom stereocenters. The Labute approximate surface area is 146 Å². The minimum absolute atomic E-state index is 0.307. The van der Waals surface area contributed by atoms with Crippen molar-refractivity contribution in [1.29, 1.82) is 0 Å². The molecule has 1 aromatic heterocycles. The van der Waals surface area contributed by atoms with E-state index >= 15 is 0 Å². The van der Waals surface area contributed by atoms with Crippen LogP contribution in [0.3, 0.4) is 0 Å². The zero-order valence-electron chi connectivity index (χ0n) is 13.9. The molecule has 2 aliphatic heterocycles. The molecule has 2 aromatic rings. The summed E-state index contributed by atoms with van der Waals surface area (Å²) >= 11 is 1.80. The summed E-state index contributed by atoms with van der Waals surface area (Å²) in [6.07, 6.45) is 2.02. The van der Waals surface area contributed by atoms with Crippen LogP contribution in [0.1, 0.15) is 23.9 Å². The van der Waals surface area contributed by atoms with Gasteiger partial charge in [-0.2, -0.15) is 0 Å². The first kappa shape index (κ1) is 16.4. The molecular formula is C18H25N3O2S. The Kier molecular flexibility index (Phi) is 5.10. The maximum Gasteiger partial charge on any atom is 0.111 e. The molecule has 2 fully saturated rings. The average molecular weight is 347 g/mol. The van der Waals surface area contributed by atoms with Crippen LogP contribution < -0.4 is 0 Å². The molecule has 2 saturated heterocycles. The Bertz CT molecular complexity index is 638. The number of nitrogens with zero attached hydrogens (tertiary/aromatic N) is 3. The first-order chi connectivity index (χ1) is 11.8. The maximum absolute atomic E-state index is 10.5. The lowest BCUT2D eigenvalue weighted by molar-refractivity contribution is 0.00585. The molecule has 2 aliphatic rings. The average Bonchev–Trinajstić information content (AvgIpc) is 3.21. The third kappa shape index (κ3) is 3.63. The number of aromatic nitrogens is 1. The second-order valence-corrected chi connectivity index (χ2v) is 7.80. The molecule has 130 valence electrons. The van der Waals surface area contributed by atoms with Gasteiger partial charge < -0.3 is 9.84 Å². The van der Waals surface area contributed by atoms with Crippen LogP contribution >= 0.6 is 11.3 Å². The Morgan fingerprint density at radius 3 is 2.88 bits per heavy atom. The number of aliphatic hydroxyl groups is 1. The number of thiazole rings is 1. The lowest BCUT2D eigenvalue weighted by Gasteiger charge is -2.31. The molecule has 4 rings (SSSR count). The SMILES string of the molecule is O[C@H](CN1CCOCC1)CN1CCC[C@@H]1c1nc2ccccc2s1. The number of morpholine rings is 1. The number of aliphatic hydroxyl groups excluding tert-OH is 1. The number of fused-ring (bicyclic) bond motifs is 1. The first-order valence-electron chi connectivity index (χ1n) is 8.87.